The van der Waals surface area contributed by atoms with Gasteiger partial charge in [0, 0.05) is 17.1 Å². The quantitative estimate of drug-likeness (QED) is 0.822. The van der Waals surface area contributed by atoms with Crippen LogP contribution >= 0.6 is 34.5 Å². The predicted octanol–water partition coefficient (Wildman–Crippen LogP) is 2.59. The van der Waals surface area contributed by atoms with E-state index in [4.69, 9.17) is 28.3 Å². The normalized spacial score (nSPS) is 10.8. The van der Waals surface area contributed by atoms with Crippen LogP contribution in [0.4, 0.5) is 5.13 Å². The van der Waals surface area contributed by atoms with Gasteiger partial charge in [0.15, 0.2) is 5.13 Å². The molecule has 0 radical (unpaired) electrons. The molecule has 5 nitrogen and oxygen atoms in total. The van der Waals surface area contributed by atoms with Crippen LogP contribution in [-0.4, -0.2) is 25.1 Å². The number of rotatable bonds is 3. The molecule has 0 bridgehead atoms. The first-order valence-electron chi connectivity index (χ1n) is 5.45. The summed E-state index contributed by atoms with van der Waals surface area (Å²) in [5.41, 5.74) is 0.409. The Morgan fingerprint density at radius 2 is 2.00 bits per heavy atom. The molecule has 0 unspecified atom stereocenters. The van der Waals surface area contributed by atoms with Gasteiger partial charge in [0.1, 0.15) is 11.5 Å². The summed E-state index contributed by atoms with van der Waals surface area (Å²) in [6.45, 7) is -0.319. The maximum atomic E-state index is 12.3. The number of sulfonamides is 1. The third-order valence-corrected chi connectivity index (χ3v) is 5.31. The topological polar surface area (TPSA) is 79.3 Å². The van der Waals surface area contributed by atoms with E-state index in [2.05, 4.69) is 21.5 Å². The number of benzene rings is 1. The molecule has 0 aliphatic heterocycles. The first kappa shape index (κ1) is 16.1. The smallest absolute Gasteiger partial charge is 0.266 e. The summed E-state index contributed by atoms with van der Waals surface area (Å²) >= 11 is 13.1. The Kier molecular flexibility index (Phi) is 5.08. The van der Waals surface area contributed by atoms with Gasteiger partial charge in [-0.2, -0.15) is 0 Å². The lowest BCUT2D eigenvalue weighted by atomic mass is 10.2. The van der Waals surface area contributed by atoms with Crippen LogP contribution in [0, 0.1) is 11.8 Å². The van der Waals surface area contributed by atoms with E-state index in [9.17, 15) is 8.42 Å². The second kappa shape index (κ2) is 6.64. The zero-order valence-corrected chi connectivity index (χ0v) is 13.4. The maximum absolute atomic E-state index is 12.3. The Hall–Kier alpha value is -1.30. The SMILES string of the molecule is O=S(=O)(Nc1nccs1)c1c(Cl)cc(C#CCO)cc1Cl. The summed E-state index contributed by atoms with van der Waals surface area (Å²) in [6, 6.07) is 2.74. The molecular formula is C12H8Cl2N2O3S2. The molecule has 0 spiro atoms. The number of aliphatic hydroxyl groups is 1. The Labute approximate surface area is 135 Å². The van der Waals surface area contributed by atoms with E-state index in [-0.39, 0.29) is 26.7 Å². The van der Waals surface area contributed by atoms with E-state index in [1.54, 1.807) is 5.38 Å². The van der Waals surface area contributed by atoms with Crippen molar-refractivity contribution in [2.24, 2.45) is 0 Å². The van der Waals surface area contributed by atoms with Crippen molar-refractivity contribution in [3.05, 3.63) is 39.3 Å². The van der Waals surface area contributed by atoms with Crippen LogP contribution in [0.2, 0.25) is 10.0 Å². The summed E-state index contributed by atoms with van der Waals surface area (Å²) in [7, 11) is -3.95. The highest BCUT2D eigenvalue weighted by Crippen LogP contribution is 2.32. The number of halogens is 2. The van der Waals surface area contributed by atoms with Gasteiger partial charge in [-0.15, -0.1) is 11.3 Å². The van der Waals surface area contributed by atoms with E-state index in [1.807, 2.05) is 0 Å². The summed E-state index contributed by atoms with van der Waals surface area (Å²) in [5, 5.41) is 10.4. The summed E-state index contributed by atoms with van der Waals surface area (Å²) in [6.07, 6.45) is 1.47. The monoisotopic (exact) mass is 362 g/mol. The molecular weight excluding hydrogens is 355 g/mol. The molecule has 0 saturated carbocycles. The largest absolute Gasteiger partial charge is 0.384 e. The Morgan fingerprint density at radius 3 is 2.52 bits per heavy atom. The molecule has 1 aromatic carbocycles. The number of nitrogens with one attached hydrogen (secondary N) is 1. The molecule has 0 amide bonds. The molecule has 1 aromatic heterocycles. The molecule has 0 atom stereocenters. The van der Waals surface area contributed by atoms with Crippen molar-refractivity contribution in [2.75, 3.05) is 11.3 Å². The van der Waals surface area contributed by atoms with Crippen molar-refractivity contribution in [1.29, 1.82) is 0 Å². The predicted molar refractivity (Wildman–Crippen MR) is 83.3 cm³/mol. The fourth-order valence-corrected chi connectivity index (χ4v) is 4.48. The second-order valence-electron chi connectivity index (χ2n) is 3.67. The second-order valence-corrected chi connectivity index (χ2v) is 7.00. The minimum absolute atomic E-state index is 0.0613. The number of aliphatic hydroxyl groups excluding tert-OH is 1. The molecule has 1 heterocycles. The molecule has 0 saturated heterocycles. The molecule has 2 rings (SSSR count). The first-order valence-corrected chi connectivity index (χ1v) is 8.57. The van der Waals surface area contributed by atoms with Gasteiger partial charge < -0.3 is 5.11 Å². The van der Waals surface area contributed by atoms with Crippen LogP contribution in [0.3, 0.4) is 0 Å². The van der Waals surface area contributed by atoms with Crippen molar-refractivity contribution in [2.45, 2.75) is 4.90 Å². The molecule has 0 aliphatic carbocycles. The number of hydrogen-bond donors (Lipinski definition) is 2. The van der Waals surface area contributed by atoms with E-state index in [0.29, 0.717) is 5.56 Å². The van der Waals surface area contributed by atoms with Crippen LogP contribution < -0.4 is 4.72 Å². The average Bonchev–Trinajstić information content (AvgIpc) is 2.87. The highest BCUT2D eigenvalue weighted by atomic mass is 35.5. The van der Waals surface area contributed by atoms with Gasteiger partial charge >= 0.3 is 0 Å². The van der Waals surface area contributed by atoms with E-state index < -0.39 is 10.0 Å². The minimum atomic E-state index is -3.95. The molecule has 9 heteroatoms. The van der Waals surface area contributed by atoms with Gasteiger partial charge in [-0.3, -0.25) is 4.72 Å². The van der Waals surface area contributed by atoms with Crippen LogP contribution in [-0.2, 0) is 10.0 Å². The molecule has 110 valence electrons. The van der Waals surface area contributed by atoms with Crippen LogP contribution in [0.1, 0.15) is 5.56 Å². The van der Waals surface area contributed by atoms with Crippen LogP contribution in [0.5, 0.6) is 0 Å². The number of hydrogen-bond acceptors (Lipinski definition) is 5. The fourth-order valence-electron chi connectivity index (χ4n) is 1.47. The van der Waals surface area contributed by atoms with Crippen LogP contribution in [0.15, 0.2) is 28.6 Å². The molecule has 0 aliphatic rings. The van der Waals surface area contributed by atoms with E-state index in [0.717, 1.165) is 11.3 Å². The Bertz CT molecular complexity index is 786. The van der Waals surface area contributed by atoms with Gasteiger partial charge in [-0.25, -0.2) is 13.4 Å². The lowest BCUT2D eigenvalue weighted by Gasteiger charge is -2.09. The van der Waals surface area contributed by atoms with Gasteiger partial charge in [-0.1, -0.05) is 35.0 Å². The van der Waals surface area contributed by atoms with Crippen molar-refractivity contribution in [3.8, 4) is 11.8 Å². The van der Waals surface area contributed by atoms with E-state index >= 15 is 0 Å². The summed E-state index contributed by atoms with van der Waals surface area (Å²) in [4.78, 5) is 3.60. The summed E-state index contributed by atoms with van der Waals surface area (Å²) in [5.74, 6) is 5.03. The van der Waals surface area contributed by atoms with Crippen LogP contribution in [0.25, 0.3) is 0 Å². The lowest BCUT2D eigenvalue weighted by Crippen LogP contribution is -2.14. The Morgan fingerprint density at radius 1 is 1.33 bits per heavy atom. The van der Waals surface area contributed by atoms with Gasteiger partial charge in [0.2, 0.25) is 0 Å². The molecule has 2 aromatic rings. The van der Waals surface area contributed by atoms with Gasteiger partial charge in [-0.05, 0) is 12.1 Å². The standard InChI is InChI=1S/C12H8Cl2N2O3S2/c13-9-6-8(2-1-4-17)7-10(14)11(9)21(18,19)16-12-15-3-5-20-12/h3,5-7,17H,4H2,(H,15,16). The average molecular weight is 363 g/mol. The van der Waals surface area contributed by atoms with Crippen molar-refractivity contribution < 1.29 is 13.5 Å². The fraction of sp³-hybridized carbons (Fsp3) is 0.0833. The molecule has 2 N–H and O–H groups in total. The third-order valence-electron chi connectivity index (χ3n) is 2.23. The highest BCUT2D eigenvalue weighted by molar-refractivity contribution is 7.93. The third kappa shape index (κ3) is 3.87. The van der Waals surface area contributed by atoms with E-state index in [1.165, 1.54) is 18.3 Å². The van der Waals surface area contributed by atoms with Gasteiger partial charge in [0.05, 0.1) is 10.0 Å². The summed E-state index contributed by atoms with van der Waals surface area (Å²) < 4.78 is 26.8. The zero-order valence-electron chi connectivity index (χ0n) is 10.3. The van der Waals surface area contributed by atoms with Crippen molar-refractivity contribution in [1.82, 2.24) is 4.98 Å². The zero-order chi connectivity index (χ0) is 15.5. The maximum Gasteiger partial charge on any atom is 0.266 e. The van der Waals surface area contributed by atoms with Crippen molar-refractivity contribution >= 4 is 49.7 Å². The van der Waals surface area contributed by atoms with Crippen molar-refractivity contribution in [3.63, 3.8) is 0 Å². The number of nitrogens with zero attached hydrogens (tertiary/aromatic N) is 1. The number of aromatic nitrogens is 1. The minimum Gasteiger partial charge on any atom is -0.384 e. The first-order chi connectivity index (χ1) is 9.94. The number of thiazole rings is 1. The lowest BCUT2D eigenvalue weighted by molar-refractivity contribution is 0.350. The molecule has 21 heavy (non-hydrogen) atoms. The highest BCUT2D eigenvalue weighted by Gasteiger charge is 2.23. The Balaban J connectivity index is 2.44. The number of anilines is 1. The molecule has 0 fully saturated rings. The van der Waals surface area contributed by atoms with Gasteiger partial charge in [0.25, 0.3) is 10.0 Å².